The van der Waals surface area contributed by atoms with Crippen molar-refractivity contribution >= 4 is 11.6 Å². The number of rotatable bonds is 7. The van der Waals surface area contributed by atoms with E-state index in [1.807, 2.05) is 0 Å². The highest BCUT2D eigenvalue weighted by Gasteiger charge is 1.92. The summed E-state index contributed by atoms with van der Waals surface area (Å²) in [6, 6.07) is 0. The second-order valence-electron chi connectivity index (χ2n) is 2.77. The minimum atomic E-state index is 0.560. The van der Waals surface area contributed by atoms with Crippen LogP contribution in [0.15, 0.2) is 0 Å². The molecule has 0 aromatic rings. The van der Waals surface area contributed by atoms with Crippen molar-refractivity contribution in [1.29, 1.82) is 0 Å². The Morgan fingerprint density at radius 2 is 1.73 bits per heavy atom. The van der Waals surface area contributed by atoms with E-state index >= 15 is 0 Å². The molecule has 0 aliphatic rings. The van der Waals surface area contributed by atoms with Gasteiger partial charge in [0.05, 0.1) is 19.8 Å². The number of halogens is 1. The van der Waals surface area contributed by atoms with Crippen molar-refractivity contribution in [2.24, 2.45) is 5.92 Å². The largest absolute Gasteiger partial charge is 0.379 e. The van der Waals surface area contributed by atoms with Gasteiger partial charge in [-0.3, -0.25) is 0 Å². The fourth-order valence-corrected chi connectivity index (χ4v) is 0.703. The molecule has 0 aromatic carbocycles. The summed E-state index contributed by atoms with van der Waals surface area (Å²) < 4.78 is 10.4. The van der Waals surface area contributed by atoms with Gasteiger partial charge in [0, 0.05) is 12.5 Å². The third-order valence-electron chi connectivity index (χ3n) is 1.04. The highest BCUT2D eigenvalue weighted by atomic mass is 35.5. The van der Waals surface area contributed by atoms with Crippen molar-refractivity contribution in [3.63, 3.8) is 0 Å². The van der Waals surface area contributed by atoms with Gasteiger partial charge < -0.3 is 9.47 Å². The summed E-state index contributed by atoms with van der Waals surface area (Å²) in [5.74, 6) is 1.16. The van der Waals surface area contributed by atoms with Gasteiger partial charge in [0.1, 0.15) is 0 Å². The highest BCUT2D eigenvalue weighted by molar-refractivity contribution is 6.17. The smallest absolute Gasteiger partial charge is 0.0701 e. The number of ether oxygens (including phenoxy) is 2. The van der Waals surface area contributed by atoms with Crippen LogP contribution in [0.5, 0.6) is 0 Å². The van der Waals surface area contributed by atoms with E-state index in [1.165, 1.54) is 0 Å². The van der Waals surface area contributed by atoms with Crippen LogP contribution in [0.25, 0.3) is 0 Å². The van der Waals surface area contributed by atoms with Crippen molar-refractivity contribution < 1.29 is 9.47 Å². The molecule has 0 aliphatic heterocycles. The fourth-order valence-electron chi connectivity index (χ4n) is 0.594. The van der Waals surface area contributed by atoms with E-state index in [4.69, 9.17) is 21.1 Å². The zero-order valence-corrected chi connectivity index (χ0v) is 8.06. The number of hydrogen-bond acceptors (Lipinski definition) is 2. The highest BCUT2D eigenvalue weighted by Crippen LogP contribution is 1.91. The molecule has 3 heteroatoms. The fraction of sp³-hybridized carbons (Fsp3) is 1.00. The summed E-state index contributed by atoms with van der Waals surface area (Å²) in [6.07, 6.45) is 0. The monoisotopic (exact) mass is 180 g/mol. The van der Waals surface area contributed by atoms with Crippen molar-refractivity contribution in [1.82, 2.24) is 0 Å². The van der Waals surface area contributed by atoms with E-state index in [9.17, 15) is 0 Å². The average molecular weight is 181 g/mol. The Morgan fingerprint density at radius 1 is 1.09 bits per heavy atom. The minimum Gasteiger partial charge on any atom is -0.379 e. The van der Waals surface area contributed by atoms with Gasteiger partial charge in [-0.05, 0) is 5.92 Å². The van der Waals surface area contributed by atoms with E-state index in [0.717, 1.165) is 6.61 Å². The van der Waals surface area contributed by atoms with Crippen LogP contribution in [0.2, 0.25) is 0 Å². The number of alkyl halides is 1. The van der Waals surface area contributed by atoms with Crippen molar-refractivity contribution in [3.8, 4) is 0 Å². The summed E-state index contributed by atoms with van der Waals surface area (Å²) in [6.45, 7) is 7.00. The van der Waals surface area contributed by atoms with E-state index < -0.39 is 0 Å². The Hall–Kier alpha value is 0.210. The first kappa shape index (κ1) is 11.2. The Morgan fingerprint density at radius 3 is 2.27 bits per heavy atom. The maximum absolute atomic E-state index is 5.40. The lowest BCUT2D eigenvalue weighted by molar-refractivity contribution is 0.0428. The predicted octanol–water partition coefficient (Wildman–Crippen LogP) is 1.91. The summed E-state index contributed by atoms with van der Waals surface area (Å²) in [7, 11) is 0. The van der Waals surface area contributed by atoms with Gasteiger partial charge in [-0.25, -0.2) is 0 Å². The normalized spacial score (nSPS) is 10.9. The first-order valence-electron chi connectivity index (χ1n) is 3.98. The Kier molecular flexibility index (Phi) is 8.47. The topological polar surface area (TPSA) is 18.5 Å². The molecule has 0 spiro atoms. The molecule has 0 radical (unpaired) electrons. The summed E-state index contributed by atoms with van der Waals surface area (Å²) >= 11 is 5.40. The van der Waals surface area contributed by atoms with Crippen LogP contribution in [0.4, 0.5) is 0 Å². The molecular weight excluding hydrogens is 164 g/mol. The van der Waals surface area contributed by atoms with Gasteiger partial charge in [-0.15, -0.1) is 11.6 Å². The maximum atomic E-state index is 5.40. The van der Waals surface area contributed by atoms with Crippen molar-refractivity contribution in [3.05, 3.63) is 0 Å². The Balaban J connectivity index is 2.80. The lowest BCUT2D eigenvalue weighted by Gasteiger charge is -2.06. The molecule has 0 heterocycles. The molecule has 0 rings (SSSR count). The molecule has 0 saturated heterocycles. The van der Waals surface area contributed by atoms with Crippen molar-refractivity contribution in [2.45, 2.75) is 13.8 Å². The molecular formula is C8H17ClO2. The molecule has 2 nitrogen and oxygen atoms in total. The van der Waals surface area contributed by atoms with Gasteiger partial charge in [0.25, 0.3) is 0 Å². The third-order valence-corrected chi connectivity index (χ3v) is 1.20. The molecule has 0 amide bonds. The standard InChI is InChI=1S/C8H17ClO2/c1-8(2)7-11-6-5-10-4-3-9/h8H,3-7H2,1-2H3. The van der Waals surface area contributed by atoms with Gasteiger partial charge >= 0.3 is 0 Å². The molecule has 0 atom stereocenters. The molecule has 0 fully saturated rings. The molecule has 68 valence electrons. The van der Waals surface area contributed by atoms with Crippen LogP contribution >= 0.6 is 11.6 Å². The SMILES string of the molecule is CC(C)COCCOCCCl. The van der Waals surface area contributed by atoms with Crippen LogP contribution in [0.1, 0.15) is 13.8 Å². The van der Waals surface area contributed by atoms with Crippen LogP contribution in [-0.2, 0) is 9.47 Å². The van der Waals surface area contributed by atoms with Crippen molar-refractivity contribution in [2.75, 3.05) is 32.3 Å². The van der Waals surface area contributed by atoms with E-state index in [2.05, 4.69) is 13.8 Å². The van der Waals surface area contributed by atoms with Gasteiger partial charge in [0.15, 0.2) is 0 Å². The quantitative estimate of drug-likeness (QED) is 0.440. The molecule has 0 unspecified atom stereocenters. The van der Waals surface area contributed by atoms with Gasteiger partial charge in [0.2, 0.25) is 0 Å². The molecule has 0 saturated carbocycles. The van der Waals surface area contributed by atoms with E-state index in [-0.39, 0.29) is 0 Å². The summed E-state index contributed by atoms with van der Waals surface area (Å²) in [4.78, 5) is 0. The van der Waals surface area contributed by atoms with Gasteiger partial charge in [-0.2, -0.15) is 0 Å². The van der Waals surface area contributed by atoms with Crippen LogP contribution in [0, 0.1) is 5.92 Å². The molecule has 0 aromatic heterocycles. The second-order valence-corrected chi connectivity index (χ2v) is 3.15. The average Bonchev–Trinajstić information content (AvgIpc) is 1.96. The second kappa shape index (κ2) is 8.31. The van der Waals surface area contributed by atoms with E-state index in [0.29, 0.717) is 31.6 Å². The van der Waals surface area contributed by atoms with Crippen LogP contribution in [0.3, 0.4) is 0 Å². The first-order valence-corrected chi connectivity index (χ1v) is 4.52. The minimum absolute atomic E-state index is 0.560. The van der Waals surface area contributed by atoms with Crippen LogP contribution < -0.4 is 0 Å². The van der Waals surface area contributed by atoms with Gasteiger partial charge in [-0.1, -0.05) is 13.8 Å². The maximum Gasteiger partial charge on any atom is 0.0701 e. The Labute approximate surface area is 73.8 Å². The summed E-state index contributed by atoms with van der Waals surface area (Å²) in [5.41, 5.74) is 0. The lowest BCUT2D eigenvalue weighted by Crippen LogP contribution is -2.09. The Bertz CT molecular complexity index is 76.5. The summed E-state index contributed by atoms with van der Waals surface area (Å²) in [5, 5.41) is 0. The third kappa shape index (κ3) is 10.2. The molecule has 0 aliphatic carbocycles. The first-order chi connectivity index (χ1) is 5.27. The predicted molar refractivity (Wildman–Crippen MR) is 47.2 cm³/mol. The number of hydrogen-bond donors (Lipinski definition) is 0. The zero-order chi connectivity index (χ0) is 8.53. The lowest BCUT2D eigenvalue weighted by atomic mass is 10.2. The van der Waals surface area contributed by atoms with E-state index in [1.54, 1.807) is 0 Å². The zero-order valence-electron chi connectivity index (χ0n) is 7.31. The molecule has 0 bridgehead atoms. The van der Waals surface area contributed by atoms with Crippen LogP contribution in [-0.4, -0.2) is 32.3 Å². The molecule has 11 heavy (non-hydrogen) atoms. The molecule has 0 N–H and O–H groups in total.